The fourth-order valence-electron chi connectivity index (χ4n) is 1.41. The lowest BCUT2D eigenvalue weighted by Crippen LogP contribution is -2.32. The molecule has 18 heavy (non-hydrogen) atoms. The Morgan fingerprint density at radius 2 is 1.94 bits per heavy atom. The average molecular weight is 326 g/mol. The van der Waals surface area contributed by atoms with Crippen molar-refractivity contribution in [2.45, 2.75) is 19.8 Å². The summed E-state index contributed by atoms with van der Waals surface area (Å²) in [5.74, 6) is -0.112. The summed E-state index contributed by atoms with van der Waals surface area (Å²) in [5, 5.41) is 17.2. The van der Waals surface area contributed by atoms with E-state index in [4.69, 9.17) is 10.5 Å². The molecule has 94 valence electrons. The fourth-order valence-corrected chi connectivity index (χ4v) is 2.91. The highest BCUT2D eigenvalue weighted by Crippen LogP contribution is 2.28. The Kier molecular flexibility index (Phi) is 5.84. The molecule has 0 aliphatic heterocycles. The predicted molar refractivity (Wildman–Crippen MR) is 73.1 cm³/mol. The van der Waals surface area contributed by atoms with Gasteiger partial charge in [0, 0.05) is 13.1 Å². The van der Waals surface area contributed by atoms with Crippen molar-refractivity contribution in [3.8, 4) is 12.1 Å². The van der Waals surface area contributed by atoms with Crippen LogP contribution < -0.4 is 0 Å². The van der Waals surface area contributed by atoms with Gasteiger partial charge in [0.1, 0.15) is 0 Å². The van der Waals surface area contributed by atoms with Crippen molar-refractivity contribution < 1.29 is 4.79 Å². The van der Waals surface area contributed by atoms with Gasteiger partial charge in [-0.05, 0) is 34.5 Å². The van der Waals surface area contributed by atoms with Crippen LogP contribution in [-0.4, -0.2) is 23.9 Å². The summed E-state index contributed by atoms with van der Waals surface area (Å²) in [7, 11) is 0. The highest BCUT2D eigenvalue weighted by molar-refractivity contribution is 9.11. The van der Waals surface area contributed by atoms with E-state index in [1.165, 1.54) is 11.3 Å². The number of halogens is 1. The quantitative estimate of drug-likeness (QED) is 0.835. The van der Waals surface area contributed by atoms with E-state index < -0.39 is 0 Å². The molecule has 0 atom stereocenters. The highest BCUT2D eigenvalue weighted by atomic mass is 79.9. The van der Waals surface area contributed by atoms with Gasteiger partial charge in [0.2, 0.25) is 0 Å². The third-order valence-electron chi connectivity index (χ3n) is 2.34. The number of rotatable bonds is 5. The summed E-state index contributed by atoms with van der Waals surface area (Å²) in [6.45, 7) is 2.66. The van der Waals surface area contributed by atoms with Crippen molar-refractivity contribution in [2.75, 3.05) is 13.1 Å². The number of thiophene rings is 1. The lowest BCUT2D eigenvalue weighted by atomic mass is 10.3. The second-order valence-corrected chi connectivity index (χ2v) is 6.05. The van der Waals surface area contributed by atoms with Crippen molar-refractivity contribution >= 4 is 33.2 Å². The van der Waals surface area contributed by atoms with E-state index in [-0.39, 0.29) is 18.7 Å². The maximum Gasteiger partial charge on any atom is 0.264 e. The minimum Gasteiger partial charge on any atom is -0.336 e. The molecule has 1 heterocycles. The Bertz CT molecular complexity index is 475. The van der Waals surface area contributed by atoms with Gasteiger partial charge in [0.15, 0.2) is 0 Å². The molecule has 0 aromatic carbocycles. The van der Waals surface area contributed by atoms with Gasteiger partial charge in [0.05, 0.1) is 33.6 Å². The van der Waals surface area contributed by atoms with E-state index in [0.717, 1.165) is 9.35 Å². The largest absolute Gasteiger partial charge is 0.336 e. The zero-order chi connectivity index (χ0) is 13.5. The third kappa shape index (κ3) is 3.83. The number of aryl methyl sites for hydroxylation is 1. The second-order valence-electron chi connectivity index (χ2n) is 3.68. The van der Waals surface area contributed by atoms with Gasteiger partial charge in [-0.3, -0.25) is 4.79 Å². The molecule has 0 aliphatic rings. The van der Waals surface area contributed by atoms with Crippen LogP contribution in [0.15, 0.2) is 9.85 Å². The predicted octanol–water partition coefficient (Wildman–Crippen LogP) is 3.09. The molecule has 0 bridgehead atoms. The summed E-state index contributed by atoms with van der Waals surface area (Å²) in [4.78, 5) is 14.4. The van der Waals surface area contributed by atoms with Crippen molar-refractivity contribution in [1.82, 2.24) is 4.90 Å². The van der Waals surface area contributed by atoms with Crippen LogP contribution in [0.4, 0.5) is 0 Å². The van der Waals surface area contributed by atoms with Gasteiger partial charge in [-0.25, -0.2) is 0 Å². The van der Waals surface area contributed by atoms with Crippen LogP contribution in [-0.2, 0) is 0 Å². The van der Waals surface area contributed by atoms with E-state index in [1.807, 2.05) is 25.1 Å². The van der Waals surface area contributed by atoms with Crippen LogP contribution in [0, 0.1) is 29.6 Å². The maximum atomic E-state index is 12.2. The molecule has 0 saturated heterocycles. The van der Waals surface area contributed by atoms with E-state index in [2.05, 4.69) is 15.9 Å². The van der Waals surface area contributed by atoms with Crippen LogP contribution in [0.2, 0.25) is 0 Å². The monoisotopic (exact) mass is 325 g/mol. The molecule has 0 spiro atoms. The first-order valence-corrected chi connectivity index (χ1v) is 7.00. The second kappa shape index (κ2) is 7.15. The van der Waals surface area contributed by atoms with Crippen LogP contribution in [0.1, 0.15) is 28.1 Å². The smallest absolute Gasteiger partial charge is 0.264 e. The molecule has 0 aliphatic carbocycles. The molecule has 1 aromatic heterocycles. The number of nitriles is 2. The Hall–Kier alpha value is -1.37. The number of carbonyl (C=O) groups excluding carboxylic acids is 1. The summed E-state index contributed by atoms with van der Waals surface area (Å²) in [5.41, 5.74) is 1.02. The lowest BCUT2D eigenvalue weighted by molar-refractivity contribution is 0.0767. The molecular formula is C12H12BrN3OS. The van der Waals surface area contributed by atoms with Crippen LogP contribution in [0.5, 0.6) is 0 Å². The Morgan fingerprint density at radius 1 is 1.39 bits per heavy atom. The minimum atomic E-state index is -0.112. The zero-order valence-electron chi connectivity index (χ0n) is 9.94. The van der Waals surface area contributed by atoms with Crippen LogP contribution in [0.3, 0.4) is 0 Å². The lowest BCUT2D eigenvalue weighted by Gasteiger charge is -2.19. The van der Waals surface area contributed by atoms with Crippen LogP contribution in [0.25, 0.3) is 0 Å². The first-order valence-electron chi connectivity index (χ1n) is 5.39. The molecule has 0 radical (unpaired) electrons. The summed E-state index contributed by atoms with van der Waals surface area (Å²) < 4.78 is 0.936. The molecule has 1 aromatic rings. The summed E-state index contributed by atoms with van der Waals surface area (Å²) in [6, 6.07) is 5.85. The summed E-state index contributed by atoms with van der Waals surface area (Å²) in [6.07, 6.45) is 0.561. The molecule has 0 N–H and O–H groups in total. The van der Waals surface area contributed by atoms with Crippen molar-refractivity contribution in [2.24, 2.45) is 0 Å². The van der Waals surface area contributed by atoms with Crippen molar-refractivity contribution in [3.05, 3.63) is 20.3 Å². The number of hydrogen-bond donors (Lipinski definition) is 0. The normalized spacial score (nSPS) is 9.56. The SMILES string of the molecule is Cc1cc(C(=O)N(CCC#N)CCC#N)sc1Br. The van der Waals surface area contributed by atoms with E-state index in [1.54, 1.807) is 4.90 Å². The Balaban J connectivity index is 2.81. The first kappa shape index (κ1) is 14.7. The van der Waals surface area contributed by atoms with Crippen molar-refractivity contribution in [3.63, 3.8) is 0 Å². The summed E-state index contributed by atoms with van der Waals surface area (Å²) >= 11 is 4.76. The molecule has 4 nitrogen and oxygen atoms in total. The molecule has 0 unspecified atom stereocenters. The van der Waals surface area contributed by atoms with Crippen LogP contribution >= 0.6 is 27.3 Å². The third-order valence-corrected chi connectivity index (χ3v) is 4.47. The van der Waals surface area contributed by atoms with Gasteiger partial charge < -0.3 is 4.90 Å². The molecular weight excluding hydrogens is 314 g/mol. The van der Waals surface area contributed by atoms with E-state index in [0.29, 0.717) is 18.0 Å². The number of hydrogen-bond acceptors (Lipinski definition) is 4. The standard InChI is InChI=1S/C12H12BrN3OS/c1-9-8-10(18-11(9)13)12(17)16(6-2-4-14)7-3-5-15/h8H,2-3,6-7H2,1H3. The molecule has 0 fully saturated rings. The van der Waals surface area contributed by atoms with Gasteiger partial charge in [-0.2, -0.15) is 10.5 Å². The Morgan fingerprint density at radius 3 is 2.33 bits per heavy atom. The van der Waals surface area contributed by atoms with Crippen molar-refractivity contribution in [1.29, 1.82) is 10.5 Å². The topological polar surface area (TPSA) is 67.9 Å². The zero-order valence-corrected chi connectivity index (χ0v) is 12.3. The Labute approximate surface area is 119 Å². The molecule has 1 amide bonds. The maximum absolute atomic E-state index is 12.2. The molecule has 0 saturated carbocycles. The van der Waals surface area contributed by atoms with Gasteiger partial charge in [-0.1, -0.05) is 0 Å². The highest BCUT2D eigenvalue weighted by Gasteiger charge is 2.18. The first-order chi connectivity index (χ1) is 8.60. The van der Waals surface area contributed by atoms with E-state index in [9.17, 15) is 4.79 Å². The van der Waals surface area contributed by atoms with E-state index >= 15 is 0 Å². The van der Waals surface area contributed by atoms with Gasteiger partial charge >= 0.3 is 0 Å². The molecule has 6 heteroatoms. The number of amides is 1. The molecule has 1 rings (SSSR count). The van der Waals surface area contributed by atoms with Gasteiger partial charge in [0.25, 0.3) is 5.91 Å². The fraction of sp³-hybridized carbons (Fsp3) is 0.417. The van der Waals surface area contributed by atoms with Gasteiger partial charge in [-0.15, -0.1) is 11.3 Å². The number of carbonyl (C=O) groups is 1. The minimum absolute atomic E-state index is 0.112. The number of nitrogens with zero attached hydrogens (tertiary/aromatic N) is 3. The average Bonchev–Trinajstić information content (AvgIpc) is 2.69.